The molecule has 21 heavy (non-hydrogen) atoms. The van der Waals surface area contributed by atoms with E-state index in [1.54, 1.807) is 19.9 Å². The number of benzene rings is 1. The molecular formula is C12H18NO6PS. The summed E-state index contributed by atoms with van der Waals surface area (Å²) < 4.78 is 54.7. The summed E-state index contributed by atoms with van der Waals surface area (Å²) in [6, 6.07) is 6.01. The van der Waals surface area contributed by atoms with Gasteiger partial charge in [0.05, 0.1) is 20.3 Å². The van der Waals surface area contributed by atoms with Gasteiger partial charge >= 0.3 is 7.60 Å². The molecular weight excluding hydrogens is 317 g/mol. The zero-order valence-corrected chi connectivity index (χ0v) is 13.8. The van der Waals surface area contributed by atoms with Crippen molar-refractivity contribution in [3.05, 3.63) is 24.3 Å². The van der Waals surface area contributed by atoms with Crippen LogP contribution in [-0.4, -0.2) is 34.7 Å². The molecule has 0 radical (unpaired) electrons. The van der Waals surface area contributed by atoms with Gasteiger partial charge in [-0.25, -0.2) is 0 Å². The van der Waals surface area contributed by atoms with Gasteiger partial charge in [-0.1, -0.05) is 12.1 Å². The van der Waals surface area contributed by atoms with Crippen LogP contribution in [0.4, 0.5) is 0 Å². The highest BCUT2D eigenvalue weighted by Gasteiger charge is 2.24. The molecule has 0 aliphatic carbocycles. The first-order valence-corrected chi connectivity index (χ1v) is 9.27. The maximum Gasteiger partial charge on any atom is 0.373 e. The van der Waals surface area contributed by atoms with Gasteiger partial charge in [-0.05, 0) is 26.0 Å². The van der Waals surface area contributed by atoms with E-state index in [0.717, 1.165) is 0 Å². The molecule has 0 spiro atoms. The zero-order chi connectivity index (χ0) is 15.9. The number of para-hydroxylation sites is 1. The quantitative estimate of drug-likeness (QED) is 0.536. The highest BCUT2D eigenvalue weighted by molar-refractivity contribution is 7.91. The maximum absolute atomic E-state index is 12.2. The van der Waals surface area contributed by atoms with Gasteiger partial charge in [0.25, 0.3) is 10.0 Å². The van der Waals surface area contributed by atoms with Gasteiger partial charge in [0.15, 0.2) is 0 Å². The van der Waals surface area contributed by atoms with Gasteiger partial charge in [0, 0.05) is 0 Å². The minimum absolute atomic E-state index is 0.109. The molecule has 0 amide bonds. The van der Waals surface area contributed by atoms with Crippen molar-refractivity contribution >= 4 is 23.6 Å². The van der Waals surface area contributed by atoms with Gasteiger partial charge in [0.2, 0.25) is 0 Å². The summed E-state index contributed by atoms with van der Waals surface area (Å²) in [6.07, 6.45) is 0. The first-order valence-electron chi connectivity index (χ1n) is 6.22. The van der Waals surface area contributed by atoms with Crippen molar-refractivity contribution in [1.29, 1.82) is 0 Å². The van der Waals surface area contributed by atoms with Crippen molar-refractivity contribution in [1.82, 2.24) is 0 Å². The van der Waals surface area contributed by atoms with E-state index in [4.69, 9.17) is 13.8 Å². The monoisotopic (exact) mass is 335 g/mol. The predicted molar refractivity (Wildman–Crippen MR) is 79.5 cm³/mol. The average molecular weight is 335 g/mol. The number of rotatable bonds is 8. The molecule has 0 heterocycles. The highest BCUT2D eigenvalue weighted by Crippen LogP contribution is 2.45. The van der Waals surface area contributed by atoms with Crippen LogP contribution in [0.3, 0.4) is 0 Å². The summed E-state index contributed by atoms with van der Waals surface area (Å²) in [6.45, 7) is 3.46. The van der Waals surface area contributed by atoms with E-state index in [-0.39, 0.29) is 23.9 Å². The van der Waals surface area contributed by atoms with Crippen LogP contribution in [-0.2, 0) is 23.6 Å². The van der Waals surface area contributed by atoms with E-state index in [2.05, 4.69) is 4.40 Å². The second-order valence-corrected chi connectivity index (χ2v) is 7.15. The molecule has 118 valence electrons. The maximum atomic E-state index is 12.2. The predicted octanol–water partition coefficient (Wildman–Crippen LogP) is 2.68. The van der Waals surface area contributed by atoms with Crippen LogP contribution in [0.15, 0.2) is 33.6 Å². The summed E-state index contributed by atoms with van der Waals surface area (Å²) in [5.41, 5.74) is 0. The standard InChI is InChI=1S/C12H18NO6PS/c1-4-18-20(14,19-5-2)10-13-21(15,16)12-9-7-6-8-11(12)17-3/h6-10H,4-5H2,1-3H3. The normalized spacial score (nSPS) is 12.7. The second-order valence-electron chi connectivity index (χ2n) is 3.72. The SMILES string of the molecule is CCOP(=O)(C=NS(=O)(=O)c1ccccc1OC)OCC. The van der Waals surface area contributed by atoms with Gasteiger partial charge in [0.1, 0.15) is 16.6 Å². The summed E-state index contributed by atoms with van der Waals surface area (Å²) in [4.78, 5) is -0.122. The Morgan fingerprint density at radius 3 is 2.29 bits per heavy atom. The van der Waals surface area contributed by atoms with E-state index in [1.165, 1.54) is 25.3 Å². The van der Waals surface area contributed by atoms with E-state index < -0.39 is 17.6 Å². The lowest BCUT2D eigenvalue weighted by Crippen LogP contribution is -2.02. The van der Waals surface area contributed by atoms with Crippen molar-refractivity contribution in [2.45, 2.75) is 18.7 Å². The number of hydrogen-bond acceptors (Lipinski definition) is 6. The van der Waals surface area contributed by atoms with Crippen molar-refractivity contribution in [3.63, 3.8) is 0 Å². The van der Waals surface area contributed by atoms with E-state index in [9.17, 15) is 13.0 Å². The fraction of sp³-hybridized carbons (Fsp3) is 0.417. The third-order valence-electron chi connectivity index (χ3n) is 2.29. The topological polar surface area (TPSA) is 91.3 Å². The van der Waals surface area contributed by atoms with Crippen molar-refractivity contribution in [3.8, 4) is 5.75 Å². The van der Waals surface area contributed by atoms with Gasteiger partial charge in [-0.3, -0.25) is 4.57 Å². The lowest BCUT2D eigenvalue weighted by atomic mass is 10.3. The molecule has 1 rings (SSSR count). The molecule has 0 aliphatic heterocycles. The fourth-order valence-corrected chi connectivity index (χ4v) is 4.13. The number of sulfonamides is 1. The molecule has 0 N–H and O–H groups in total. The van der Waals surface area contributed by atoms with Crippen LogP contribution >= 0.6 is 7.60 Å². The van der Waals surface area contributed by atoms with Gasteiger partial charge in [-0.15, -0.1) is 0 Å². The number of ether oxygens (including phenoxy) is 1. The Morgan fingerprint density at radius 2 is 1.76 bits per heavy atom. The third-order valence-corrected chi connectivity index (χ3v) is 5.36. The Balaban J connectivity index is 3.14. The highest BCUT2D eigenvalue weighted by atomic mass is 32.2. The smallest absolute Gasteiger partial charge is 0.373 e. The van der Waals surface area contributed by atoms with Crippen LogP contribution in [0.5, 0.6) is 5.75 Å². The van der Waals surface area contributed by atoms with E-state index in [0.29, 0.717) is 5.96 Å². The van der Waals surface area contributed by atoms with Crippen LogP contribution < -0.4 is 4.74 Å². The molecule has 0 saturated carbocycles. The minimum atomic E-state index is -4.06. The first kappa shape index (κ1) is 17.8. The Kier molecular flexibility index (Phi) is 6.54. The number of methoxy groups -OCH3 is 1. The van der Waals surface area contributed by atoms with Crippen molar-refractivity contribution in [2.75, 3.05) is 20.3 Å². The van der Waals surface area contributed by atoms with Gasteiger partial charge in [-0.2, -0.15) is 12.8 Å². The van der Waals surface area contributed by atoms with Crippen LogP contribution in [0.2, 0.25) is 0 Å². The van der Waals surface area contributed by atoms with E-state index >= 15 is 0 Å². The molecule has 7 nitrogen and oxygen atoms in total. The summed E-state index contributed by atoms with van der Waals surface area (Å²) >= 11 is 0. The molecule has 0 aromatic heterocycles. The van der Waals surface area contributed by atoms with Crippen LogP contribution in [0, 0.1) is 0 Å². The Morgan fingerprint density at radius 1 is 1.19 bits per heavy atom. The lowest BCUT2D eigenvalue weighted by molar-refractivity contribution is 0.233. The number of hydrogen-bond donors (Lipinski definition) is 0. The molecule has 1 aromatic rings. The van der Waals surface area contributed by atoms with Crippen molar-refractivity contribution in [2.24, 2.45) is 4.40 Å². The van der Waals surface area contributed by atoms with Crippen molar-refractivity contribution < 1.29 is 26.8 Å². The number of nitrogens with zero attached hydrogens (tertiary/aromatic N) is 1. The molecule has 0 saturated heterocycles. The Hall–Kier alpha value is -1.21. The molecule has 0 aliphatic rings. The molecule has 0 fully saturated rings. The Bertz CT molecular complexity index is 633. The minimum Gasteiger partial charge on any atom is -0.495 e. The lowest BCUT2D eigenvalue weighted by Gasteiger charge is -2.12. The molecule has 0 bridgehead atoms. The molecule has 9 heteroatoms. The largest absolute Gasteiger partial charge is 0.495 e. The van der Waals surface area contributed by atoms with Crippen LogP contribution in [0.1, 0.15) is 13.8 Å². The Labute approximate surface area is 124 Å². The third kappa shape index (κ3) is 4.93. The average Bonchev–Trinajstić information content (AvgIpc) is 2.46. The van der Waals surface area contributed by atoms with Crippen LogP contribution in [0.25, 0.3) is 0 Å². The zero-order valence-electron chi connectivity index (χ0n) is 12.1. The molecule has 0 atom stereocenters. The molecule has 0 unspecified atom stereocenters. The second kappa shape index (κ2) is 7.70. The van der Waals surface area contributed by atoms with E-state index in [1.807, 2.05) is 0 Å². The summed E-state index contributed by atoms with van der Waals surface area (Å²) in [5, 5.41) is 0. The fourth-order valence-electron chi connectivity index (χ4n) is 1.47. The first-order chi connectivity index (χ1) is 9.88. The molecule has 1 aromatic carbocycles. The summed E-state index contributed by atoms with van der Waals surface area (Å²) in [7, 11) is -6.38. The van der Waals surface area contributed by atoms with Gasteiger partial charge < -0.3 is 13.8 Å². The summed E-state index contributed by atoms with van der Waals surface area (Å²) in [5.74, 6) is 0.860.